The number of ether oxygens (including phenoxy) is 1. The number of amides is 8. The van der Waals surface area contributed by atoms with Gasteiger partial charge in [0.25, 0.3) is 18.2 Å². The number of aromatic hydroxyl groups is 1. The normalized spacial score (nSPS) is 24.7. The second-order valence-electron chi connectivity index (χ2n) is 22.3. The molecular weight excluding hydrogens is 1260 g/mol. The largest absolute Gasteiger partial charge is 1.00 e. The van der Waals surface area contributed by atoms with Crippen LogP contribution in [0.15, 0.2) is 95.4 Å². The summed E-state index contributed by atoms with van der Waals surface area (Å²) >= 11 is -0.0896. The number of benzene rings is 4. The van der Waals surface area contributed by atoms with Crippen LogP contribution in [0, 0.1) is 5.92 Å². The zero-order chi connectivity index (χ0) is 66.7. The van der Waals surface area contributed by atoms with Crippen LogP contribution in [-0.2, 0) is 42.9 Å². The first kappa shape index (κ1) is 72.6. The second-order valence-corrected chi connectivity index (χ2v) is 22.7. The van der Waals surface area contributed by atoms with Gasteiger partial charge in [-0.2, -0.15) is 0 Å². The van der Waals surface area contributed by atoms with Gasteiger partial charge in [-0.3, -0.25) is 43.4 Å². The number of fused-ring (bicyclic) bond motifs is 2. The van der Waals surface area contributed by atoms with E-state index in [0.29, 0.717) is 22.6 Å². The molecule has 0 bridgehead atoms. The second kappa shape index (κ2) is 32.8. The van der Waals surface area contributed by atoms with Crippen molar-refractivity contribution in [2.75, 3.05) is 26.2 Å². The summed E-state index contributed by atoms with van der Waals surface area (Å²) in [4.78, 5) is 115. The van der Waals surface area contributed by atoms with Crippen LogP contribution in [0.3, 0.4) is 0 Å². The minimum atomic E-state index is -2.55. The number of β-amino-alcohol motifs (C(OH)–C–C–N with tert-alkyl or cyclic N) is 1. The summed E-state index contributed by atoms with van der Waals surface area (Å²) in [5, 5.41) is 124. The Morgan fingerprint density at radius 1 is 0.763 bits per heavy atom. The Morgan fingerprint density at radius 2 is 1.35 bits per heavy atom. The van der Waals surface area contributed by atoms with Crippen LogP contribution >= 0.6 is 12.3 Å². The number of nitrogens with one attached hydrogen (secondary N) is 5. The number of aliphatic hydroxyl groups is 7. The van der Waals surface area contributed by atoms with Gasteiger partial charge in [0.1, 0.15) is 54.2 Å². The number of rotatable bonds is 19. The van der Waals surface area contributed by atoms with E-state index in [1.54, 1.807) is 0 Å². The maximum absolute atomic E-state index is 14.7. The summed E-state index contributed by atoms with van der Waals surface area (Å²) in [5.41, 5.74) is 7.82. The Balaban J connectivity index is 0.0000123. The van der Waals surface area contributed by atoms with Crippen molar-refractivity contribution in [1.29, 1.82) is 0 Å². The molecule has 0 saturated carbocycles. The molecule has 8 rings (SSSR count). The molecule has 494 valence electrons. The van der Waals surface area contributed by atoms with Crippen molar-refractivity contribution in [3.05, 3.63) is 102 Å². The molecule has 14 unspecified atom stereocenters. The summed E-state index contributed by atoms with van der Waals surface area (Å²) < 4.78 is 20.7. The average molecular weight is 1330 g/mol. The van der Waals surface area contributed by atoms with Crippen molar-refractivity contribution < 1.29 is 137 Å². The molecule has 32 nitrogen and oxygen atoms in total. The quantitative estimate of drug-likeness (QED) is 0.0120. The SMILES string of the molecule is CCCOc1ccc(-c2ccc(-c3nnc(-c4ccc(C(=O)NC5CC(O)CNC(=O)C6C(O)C(C)CN6C(=O)C(C(O)CC(N)=O)NC(=O)C(C(O)C(O)c6ccc(O)c(OSOO[O-])c6)NC(=O)C6CC(O)CN6C(=O)C(C(C)O)NC5=O)cc4)o3)cc2)cc1.[Na+]. The molecule has 15 N–H and O–H groups in total. The first-order chi connectivity index (χ1) is 43.9. The van der Waals surface area contributed by atoms with E-state index in [4.69, 9.17) is 19.1 Å². The number of nitrogens with two attached hydrogens (primary N) is 1. The van der Waals surface area contributed by atoms with Gasteiger partial charge in [0, 0.05) is 55.1 Å². The van der Waals surface area contributed by atoms with Crippen molar-refractivity contribution in [2.24, 2.45) is 11.7 Å². The molecule has 3 aliphatic rings. The van der Waals surface area contributed by atoms with E-state index in [1.165, 1.54) is 31.2 Å². The Morgan fingerprint density at radius 3 is 1.97 bits per heavy atom. The van der Waals surface area contributed by atoms with Gasteiger partial charge in [-0.25, -0.2) is 0 Å². The van der Waals surface area contributed by atoms with Crippen molar-refractivity contribution in [3.63, 3.8) is 0 Å². The summed E-state index contributed by atoms with van der Waals surface area (Å²) in [6.07, 6.45) is -15.4. The smallest absolute Gasteiger partial charge is 0.691 e. The Bertz CT molecular complexity index is 3450. The van der Waals surface area contributed by atoms with Gasteiger partial charge < -0.3 is 102 Å². The number of nitrogens with zero attached hydrogens (tertiary/aromatic N) is 4. The Kier molecular flexibility index (Phi) is 25.6. The third-order valence-electron chi connectivity index (χ3n) is 15.6. The summed E-state index contributed by atoms with van der Waals surface area (Å²) in [6, 6.07) is 11.2. The number of phenols is 1. The van der Waals surface area contributed by atoms with Crippen LogP contribution in [0.4, 0.5) is 0 Å². The van der Waals surface area contributed by atoms with Gasteiger partial charge >= 0.3 is 29.6 Å². The number of carbonyl (C=O) groups excluding carboxylic acids is 8. The fraction of sp³-hybridized carbons (Fsp3) is 0.424. The Hall–Kier alpha value is -7.87. The number of hydrogen-bond donors (Lipinski definition) is 14. The first-order valence-corrected chi connectivity index (χ1v) is 29.6. The maximum atomic E-state index is 14.7. The molecule has 3 aliphatic heterocycles. The van der Waals surface area contributed by atoms with Crippen LogP contribution in [0.5, 0.6) is 17.2 Å². The molecule has 4 heterocycles. The van der Waals surface area contributed by atoms with Crippen LogP contribution in [0.1, 0.15) is 68.5 Å². The van der Waals surface area contributed by atoms with E-state index < -0.39 is 183 Å². The Labute approximate surface area is 556 Å². The number of carbonyl (C=O) groups is 8. The number of phenolic OH excluding ortho intramolecular Hbond substituents is 1. The zero-order valence-corrected chi connectivity index (χ0v) is 53.3. The average Bonchev–Trinajstić information content (AvgIpc) is 1.72. The van der Waals surface area contributed by atoms with Crippen LogP contribution in [0.2, 0.25) is 0 Å². The van der Waals surface area contributed by atoms with Crippen molar-refractivity contribution in [3.8, 4) is 51.3 Å². The van der Waals surface area contributed by atoms with E-state index in [-0.39, 0.29) is 64.8 Å². The molecule has 5 aromatic rings. The van der Waals surface area contributed by atoms with E-state index in [0.717, 1.165) is 53.3 Å². The topological polar surface area (TPSA) is 490 Å². The molecule has 3 fully saturated rings. The van der Waals surface area contributed by atoms with Gasteiger partial charge in [-0.15, -0.1) is 14.5 Å². The molecule has 0 aliphatic carbocycles. The van der Waals surface area contributed by atoms with Gasteiger partial charge in [-0.05, 0) is 90.7 Å². The van der Waals surface area contributed by atoms with Gasteiger partial charge in [0.05, 0.1) is 43.5 Å². The molecule has 0 radical (unpaired) electrons. The number of aromatic nitrogens is 2. The third kappa shape index (κ3) is 17.9. The molecule has 34 heteroatoms. The molecule has 14 atom stereocenters. The summed E-state index contributed by atoms with van der Waals surface area (Å²) in [6.45, 7) is 3.25. The third-order valence-corrected chi connectivity index (χ3v) is 15.9. The van der Waals surface area contributed by atoms with Crippen molar-refractivity contribution in [2.45, 2.75) is 125 Å². The number of aliphatic hydroxyl groups excluding tert-OH is 7. The van der Waals surface area contributed by atoms with Crippen LogP contribution in [-0.4, -0.2) is 207 Å². The van der Waals surface area contributed by atoms with Crippen LogP contribution in [0.25, 0.3) is 34.0 Å². The molecule has 4 aromatic carbocycles. The van der Waals surface area contributed by atoms with Crippen molar-refractivity contribution in [1.82, 2.24) is 46.6 Å². The first-order valence-electron chi connectivity index (χ1n) is 28.9. The predicted molar refractivity (Wildman–Crippen MR) is 315 cm³/mol. The molecular formula is C59H69N10NaO22S. The van der Waals surface area contributed by atoms with E-state index >= 15 is 0 Å². The fourth-order valence-corrected chi connectivity index (χ4v) is 10.9. The maximum Gasteiger partial charge on any atom is 1.00 e. The zero-order valence-electron chi connectivity index (χ0n) is 50.5. The summed E-state index contributed by atoms with van der Waals surface area (Å²) in [5.74, 6) is -11.1. The molecule has 8 amide bonds. The monoisotopic (exact) mass is 1320 g/mol. The van der Waals surface area contributed by atoms with E-state index in [9.17, 15) is 84.5 Å². The van der Waals surface area contributed by atoms with Gasteiger partial charge in [0.2, 0.25) is 53.1 Å². The standard InChI is InChI=1S/C59H70N10O22S.Na/c1-4-19-87-37-16-13-30(14-17-37)29-5-9-32(10-6-29)56-66-67-57(88-56)33-11-7-31(8-12-33)51(79)62-38-21-35(71)24-61-55(83)47-48(76)27(2)25-69(47)59(85)45(41(74)23-43(60)75)64-54(82)46(50(78)49(77)34-15-18-40(73)42(20-34)89-92-91-90-86)65-53(81)39-22-36(72)26-68(39)58(84)44(28(3)70)63-52(38)80;/h5-18,20,27-28,35-36,38-39,41,44-50,70-74,76-78,86H,4,19,21-26H2,1-3H3,(H2,60,75)(H,61,83)(H,62,79)(H,63,80)(H,64,82)(H,65,81);/q;+1/p-1. The summed E-state index contributed by atoms with van der Waals surface area (Å²) in [7, 11) is 0. The van der Waals surface area contributed by atoms with E-state index in [1.807, 2.05) is 55.5 Å². The van der Waals surface area contributed by atoms with Crippen molar-refractivity contribution >= 4 is 59.6 Å². The predicted octanol–water partition coefficient (Wildman–Crippen LogP) is -5.95. The molecule has 1 aromatic heterocycles. The molecule has 0 spiro atoms. The van der Waals surface area contributed by atoms with E-state index in [2.05, 4.69) is 46.2 Å². The van der Waals surface area contributed by atoms with Gasteiger partial charge in [0.15, 0.2) is 11.5 Å². The minimum absolute atomic E-state index is 0. The van der Waals surface area contributed by atoms with Crippen LogP contribution < -0.4 is 76.1 Å². The van der Waals surface area contributed by atoms with Gasteiger partial charge in [-0.1, -0.05) is 44.2 Å². The minimum Gasteiger partial charge on any atom is -0.691 e. The fourth-order valence-electron chi connectivity index (χ4n) is 10.7. The number of primary amides is 1. The molecule has 3 saturated heterocycles. The molecule has 93 heavy (non-hydrogen) atoms. The number of hydrogen-bond acceptors (Lipinski definition) is 25.